The van der Waals surface area contributed by atoms with Gasteiger partial charge in [0.1, 0.15) is 5.75 Å². The molecule has 0 unspecified atom stereocenters. The van der Waals surface area contributed by atoms with Crippen molar-refractivity contribution in [3.05, 3.63) is 115 Å². The van der Waals surface area contributed by atoms with Crippen LogP contribution in [0.2, 0.25) is 0 Å². The molecule has 0 aliphatic heterocycles. The molecule has 0 aliphatic rings. The Morgan fingerprint density at radius 2 is 1.30 bits per heavy atom. The minimum atomic E-state index is -4.43. The first kappa shape index (κ1) is 36.1. The van der Waals surface area contributed by atoms with Crippen LogP contribution < -0.4 is 4.74 Å². The summed E-state index contributed by atoms with van der Waals surface area (Å²) in [6.45, 7) is 0.0488. The van der Waals surface area contributed by atoms with Crippen LogP contribution in [0.25, 0.3) is 6.08 Å². The number of alkyl halides is 5. The fourth-order valence-corrected chi connectivity index (χ4v) is 4.02. The van der Waals surface area contributed by atoms with Crippen LogP contribution in [0.15, 0.2) is 72.8 Å². The van der Waals surface area contributed by atoms with Gasteiger partial charge in [0.2, 0.25) is 0 Å². The molecule has 47 heavy (non-hydrogen) atoms. The Hall–Kier alpha value is -5.41. The molecule has 0 saturated heterocycles. The predicted octanol–water partition coefficient (Wildman–Crippen LogP) is 7.71. The van der Waals surface area contributed by atoms with Gasteiger partial charge in [-0.3, -0.25) is 20.2 Å². The number of halogens is 5. The summed E-state index contributed by atoms with van der Waals surface area (Å²) < 4.78 is 81.3. The second-order valence-corrected chi connectivity index (χ2v) is 9.98. The molecule has 0 fully saturated rings. The topological polar surface area (TPSA) is 148 Å². The van der Waals surface area contributed by atoms with E-state index < -0.39 is 57.4 Å². The van der Waals surface area contributed by atoms with E-state index in [2.05, 4.69) is 4.74 Å². The molecule has 16 heteroatoms. The number of nitrogens with zero attached hydrogens (tertiary/aromatic N) is 2. The normalized spacial score (nSPS) is 11.7. The van der Waals surface area contributed by atoms with Crippen molar-refractivity contribution in [2.75, 3.05) is 13.2 Å². The van der Waals surface area contributed by atoms with Gasteiger partial charge in [-0.05, 0) is 67.2 Å². The van der Waals surface area contributed by atoms with Crippen molar-refractivity contribution in [3.8, 4) is 5.75 Å². The van der Waals surface area contributed by atoms with Crippen LogP contribution in [0, 0.1) is 20.2 Å². The van der Waals surface area contributed by atoms with E-state index in [4.69, 9.17) is 9.47 Å². The van der Waals surface area contributed by atoms with Crippen LogP contribution >= 0.6 is 0 Å². The summed E-state index contributed by atoms with van der Waals surface area (Å²) in [7, 11) is 0. The maximum Gasteiger partial charge on any atom is 0.426 e. The number of carbonyl (C=O) groups excluding carboxylic acids is 2. The lowest BCUT2D eigenvalue weighted by atomic mass is 10.1. The highest BCUT2D eigenvalue weighted by Gasteiger charge is 2.34. The zero-order valence-electron chi connectivity index (χ0n) is 24.4. The SMILES string of the molecule is O=C(/C=C/c1ccc(C(F)(F)Oc2ccc(CC(F)(F)F)cc2)cc1)OCCCCCCOC(=O)c1cc([N+](=O)[O-])cc([N+](=O)[O-])c1. The Bertz CT molecular complexity index is 1560. The van der Waals surface area contributed by atoms with E-state index in [0.29, 0.717) is 31.2 Å². The summed E-state index contributed by atoms with van der Waals surface area (Å²) in [6, 6.07) is 11.5. The number of benzene rings is 3. The summed E-state index contributed by atoms with van der Waals surface area (Å²) in [4.78, 5) is 44.3. The van der Waals surface area contributed by atoms with E-state index in [0.717, 1.165) is 60.7 Å². The summed E-state index contributed by atoms with van der Waals surface area (Å²) in [5, 5.41) is 21.9. The van der Waals surface area contributed by atoms with Crippen molar-refractivity contribution < 1.29 is 55.6 Å². The van der Waals surface area contributed by atoms with Gasteiger partial charge in [-0.1, -0.05) is 24.3 Å². The van der Waals surface area contributed by atoms with Crippen LogP contribution in [-0.2, 0) is 26.8 Å². The number of hydrogen-bond donors (Lipinski definition) is 0. The van der Waals surface area contributed by atoms with Gasteiger partial charge in [0.15, 0.2) is 0 Å². The van der Waals surface area contributed by atoms with Crippen LogP contribution in [0.4, 0.5) is 33.3 Å². The predicted molar refractivity (Wildman–Crippen MR) is 156 cm³/mol. The van der Waals surface area contributed by atoms with Gasteiger partial charge < -0.3 is 14.2 Å². The molecule has 0 bridgehead atoms. The number of hydrogen-bond acceptors (Lipinski definition) is 9. The summed E-state index contributed by atoms with van der Waals surface area (Å²) in [5.74, 6) is -1.92. The highest BCUT2D eigenvalue weighted by atomic mass is 19.4. The minimum absolute atomic E-state index is 0.0346. The average molecular weight is 667 g/mol. The van der Waals surface area contributed by atoms with Crippen LogP contribution in [0.3, 0.4) is 0 Å². The number of rotatable bonds is 16. The summed E-state index contributed by atoms with van der Waals surface area (Å²) in [6.07, 6.45) is -4.83. The van der Waals surface area contributed by atoms with Crippen molar-refractivity contribution in [1.82, 2.24) is 0 Å². The number of nitro groups is 2. The molecule has 0 amide bonds. The number of unbranched alkanes of at least 4 members (excludes halogenated alkanes) is 3. The molecule has 0 heterocycles. The molecule has 250 valence electrons. The number of carbonyl (C=O) groups is 2. The maximum absolute atomic E-state index is 14.6. The second kappa shape index (κ2) is 16.2. The zero-order chi connectivity index (χ0) is 34.6. The second-order valence-electron chi connectivity index (χ2n) is 9.98. The average Bonchev–Trinajstić information content (AvgIpc) is 3.01. The number of ether oxygens (including phenoxy) is 3. The van der Waals surface area contributed by atoms with Gasteiger partial charge in [0.05, 0.1) is 46.7 Å². The quantitative estimate of drug-likeness (QED) is 0.0374. The van der Waals surface area contributed by atoms with Gasteiger partial charge in [-0.2, -0.15) is 22.0 Å². The van der Waals surface area contributed by atoms with E-state index in [9.17, 15) is 51.8 Å². The molecule has 0 radical (unpaired) electrons. The number of non-ortho nitro benzene ring substituents is 2. The Kier molecular flexibility index (Phi) is 12.5. The van der Waals surface area contributed by atoms with Gasteiger partial charge in [0.25, 0.3) is 11.4 Å². The Labute approximate surface area is 263 Å². The molecule has 0 aromatic heterocycles. The summed E-state index contributed by atoms with van der Waals surface area (Å²) >= 11 is 0. The molecule has 3 aromatic carbocycles. The van der Waals surface area contributed by atoms with Crippen molar-refractivity contribution in [1.29, 1.82) is 0 Å². The molecule has 3 aromatic rings. The van der Waals surface area contributed by atoms with Crippen molar-refractivity contribution in [2.24, 2.45) is 0 Å². The van der Waals surface area contributed by atoms with Crippen LogP contribution in [0.1, 0.15) is 52.7 Å². The third-order valence-electron chi connectivity index (χ3n) is 6.31. The number of esters is 2. The highest BCUT2D eigenvalue weighted by Crippen LogP contribution is 2.32. The molecular weight excluding hydrogens is 639 g/mol. The lowest BCUT2D eigenvalue weighted by Crippen LogP contribution is -2.21. The maximum atomic E-state index is 14.6. The monoisotopic (exact) mass is 666 g/mol. The first-order chi connectivity index (χ1) is 22.1. The van der Waals surface area contributed by atoms with Gasteiger partial charge in [0, 0.05) is 18.2 Å². The highest BCUT2D eigenvalue weighted by molar-refractivity contribution is 5.91. The van der Waals surface area contributed by atoms with Gasteiger partial charge >= 0.3 is 24.2 Å². The molecule has 0 aliphatic carbocycles. The lowest BCUT2D eigenvalue weighted by molar-refractivity contribution is -0.394. The molecule has 0 saturated carbocycles. The largest absolute Gasteiger partial charge is 0.463 e. The fraction of sp³-hybridized carbons (Fsp3) is 0.290. The minimum Gasteiger partial charge on any atom is -0.463 e. The van der Waals surface area contributed by atoms with Crippen LogP contribution in [0.5, 0.6) is 5.75 Å². The Morgan fingerprint density at radius 3 is 1.83 bits per heavy atom. The van der Waals surface area contributed by atoms with Crippen molar-refractivity contribution in [2.45, 2.75) is 44.4 Å². The van der Waals surface area contributed by atoms with Crippen molar-refractivity contribution >= 4 is 29.4 Å². The molecule has 0 atom stereocenters. The Balaban J connectivity index is 1.34. The summed E-state index contributed by atoms with van der Waals surface area (Å²) in [5.41, 5.74) is -1.74. The first-order valence-corrected chi connectivity index (χ1v) is 13.9. The smallest absolute Gasteiger partial charge is 0.426 e. The Morgan fingerprint density at radius 1 is 0.745 bits per heavy atom. The van der Waals surface area contributed by atoms with E-state index in [1.807, 2.05) is 0 Å². The molecule has 11 nitrogen and oxygen atoms in total. The van der Waals surface area contributed by atoms with Gasteiger partial charge in [-0.15, -0.1) is 0 Å². The number of nitro benzene ring substituents is 2. The molecule has 0 spiro atoms. The lowest BCUT2D eigenvalue weighted by Gasteiger charge is -2.18. The van der Waals surface area contributed by atoms with Crippen LogP contribution in [-0.4, -0.2) is 41.2 Å². The van der Waals surface area contributed by atoms with Crippen molar-refractivity contribution in [3.63, 3.8) is 0 Å². The molecule has 3 rings (SSSR count). The van der Waals surface area contributed by atoms with E-state index in [1.54, 1.807) is 0 Å². The standard InChI is InChI=1S/C31H27F5N2O9/c32-30(33,34)20-22-7-12-27(13-8-22)47-31(35,36)24-10-5-21(6-11-24)9-14-28(39)45-15-3-1-2-4-16-46-29(40)23-17-25(37(41)42)19-26(18-23)38(43)44/h5-14,17-19H,1-4,15-16,20H2/b14-9+. The third kappa shape index (κ3) is 12.1. The molecular formula is C31H27F5N2O9. The molecule has 0 N–H and O–H groups in total. The van der Waals surface area contributed by atoms with E-state index in [1.165, 1.54) is 18.2 Å². The third-order valence-corrected chi connectivity index (χ3v) is 6.31. The van der Waals surface area contributed by atoms with Gasteiger partial charge in [-0.25, -0.2) is 9.59 Å². The first-order valence-electron chi connectivity index (χ1n) is 13.9. The fourth-order valence-electron chi connectivity index (χ4n) is 4.02. The van der Waals surface area contributed by atoms with E-state index in [-0.39, 0.29) is 30.1 Å². The zero-order valence-corrected chi connectivity index (χ0v) is 24.4. The van der Waals surface area contributed by atoms with E-state index >= 15 is 0 Å².